The monoisotopic (exact) mass is 304 g/mol. The first-order valence-corrected chi connectivity index (χ1v) is 8.98. The summed E-state index contributed by atoms with van der Waals surface area (Å²) in [4.78, 5) is 11.9. The highest BCUT2D eigenvalue weighted by molar-refractivity contribution is 5.95. The van der Waals surface area contributed by atoms with E-state index in [1.165, 1.54) is 38.5 Å². The van der Waals surface area contributed by atoms with E-state index in [2.05, 4.69) is 0 Å². The molecule has 0 saturated heterocycles. The van der Waals surface area contributed by atoms with Gasteiger partial charge in [0.1, 0.15) is 6.17 Å². The minimum absolute atomic E-state index is 0.134. The SMILES string of the molecule is O=C(CCC[C@@H](F)CCCC1CCCCC1)c1ccccc1. The summed E-state index contributed by atoms with van der Waals surface area (Å²) in [5.74, 6) is 0.982. The molecule has 1 aromatic carbocycles. The molecule has 22 heavy (non-hydrogen) atoms. The first kappa shape index (κ1) is 17.2. The van der Waals surface area contributed by atoms with Crippen molar-refractivity contribution in [1.82, 2.24) is 0 Å². The molecule has 0 bridgehead atoms. The summed E-state index contributed by atoms with van der Waals surface area (Å²) < 4.78 is 13.9. The predicted octanol–water partition coefficient (Wildman–Crippen LogP) is 6.13. The Balaban J connectivity index is 1.53. The van der Waals surface area contributed by atoms with E-state index in [-0.39, 0.29) is 5.78 Å². The molecule has 0 N–H and O–H groups in total. The molecule has 1 fully saturated rings. The summed E-state index contributed by atoms with van der Waals surface area (Å²) in [5, 5.41) is 0. The topological polar surface area (TPSA) is 17.1 Å². The Morgan fingerprint density at radius 2 is 1.73 bits per heavy atom. The lowest BCUT2D eigenvalue weighted by Gasteiger charge is -2.21. The molecule has 1 aliphatic carbocycles. The summed E-state index contributed by atoms with van der Waals surface area (Å²) in [6.07, 6.45) is 10.6. The Morgan fingerprint density at radius 1 is 1.05 bits per heavy atom. The van der Waals surface area contributed by atoms with Crippen LogP contribution >= 0.6 is 0 Å². The average molecular weight is 304 g/mol. The Kier molecular flexibility index (Phi) is 7.62. The highest BCUT2D eigenvalue weighted by atomic mass is 19.1. The van der Waals surface area contributed by atoms with Gasteiger partial charge in [-0.1, -0.05) is 75.3 Å². The molecule has 1 atom stereocenters. The van der Waals surface area contributed by atoms with Crippen LogP contribution in [0.5, 0.6) is 0 Å². The van der Waals surface area contributed by atoms with E-state index in [0.717, 1.165) is 17.9 Å². The van der Waals surface area contributed by atoms with Gasteiger partial charge in [0, 0.05) is 12.0 Å². The number of hydrogen-bond acceptors (Lipinski definition) is 1. The Labute approximate surface area is 134 Å². The Morgan fingerprint density at radius 3 is 2.45 bits per heavy atom. The molecule has 1 saturated carbocycles. The van der Waals surface area contributed by atoms with Gasteiger partial charge < -0.3 is 0 Å². The van der Waals surface area contributed by atoms with Crippen molar-refractivity contribution in [2.24, 2.45) is 5.92 Å². The minimum atomic E-state index is -0.729. The fourth-order valence-corrected chi connectivity index (χ4v) is 3.50. The third-order valence-electron chi connectivity index (χ3n) is 4.87. The lowest BCUT2D eigenvalue weighted by atomic mass is 9.85. The van der Waals surface area contributed by atoms with Crippen LogP contribution in [0.15, 0.2) is 30.3 Å². The van der Waals surface area contributed by atoms with Gasteiger partial charge in [-0.2, -0.15) is 0 Å². The molecule has 0 radical (unpaired) electrons. The van der Waals surface area contributed by atoms with Crippen LogP contribution in [0.3, 0.4) is 0 Å². The predicted molar refractivity (Wildman–Crippen MR) is 89.9 cm³/mol. The van der Waals surface area contributed by atoms with Crippen molar-refractivity contribution >= 4 is 5.78 Å². The molecule has 1 aliphatic rings. The second-order valence-corrected chi connectivity index (χ2v) is 6.71. The summed E-state index contributed by atoms with van der Waals surface area (Å²) in [6, 6.07) is 9.31. The van der Waals surface area contributed by atoms with Crippen LogP contribution in [-0.4, -0.2) is 12.0 Å². The number of carbonyl (C=O) groups is 1. The number of alkyl halides is 1. The van der Waals surface area contributed by atoms with Gasteiger partial charge in [0.05, 0.1) is 0 Å². The van der Waals surface area contributed by atoms with Gasteiger partial charge >= 0.3 is 0 Å². The second-order valence-electron chi connectivity index (χ2n) is 6.71. The van der Waals surface area contributed by atoms with E-state index >= 15 is 0 Å². The second kappa shape index (κ2) is 9.76. The van der Waals surface area contributed by atoms with Crippen LogP contribution in [-0.2, 0) is 0 Å². The fraction of sp³-hybridized carbons (Fsp3) is 0.650. The van der Waals surface area contributed by atoms with Crippen molar-refractivity contribution < 1.29 is 9.18 Å². The number of rotatable bonds is 9. The molecular weight excluding hydrogens is 275 g/mol. The molecule has 2 heteroatoms. The smallest absolute Gasteiger partial charge is 0.162 e. The third kappa shape index (κ3) is 6.29. The summed E-state index contributed by atoms with van der Waals surface area (Å²) >= 11 is 0. The van der Waals surface area contributed by atoms with Crippen LogP contribution < -0.4 is 0 Å². The Bertz CT molecular complexity index is 423. The maximum absolute atomic E-state index is 13.9. The zero-order valence-electron chi connectivity index (χ0n) is 13.6. The molecule has 0 unspecified atom stereocenters. The molecule has 122 valence electrons. The maximum Gasteiger partial charge on any atom is 0.162 e. The largest absolute Gasteiger partial charge is 0.294 e. The van der Waals surface area contributed by atoms with Gasteiger partial charge in [0.2, 0.25) is 0 Å². The van der Waals surface area contributed by atoms with Gasteiger partial charge in [0.25, 0.3) is 0 Å². The first-order chi connectivity index (χ1) is 10.8. The van der Waals surface area contributed by atoms with Crippen molar-refractivity contribution in [2.75, 3.05) is 0 Å². The number of carbonyl (C=O) groups excluding carboxylic acids is 1. The van der Waals surface area contributed by atoms with E-state index in [1.807, 2.05) is 30.3 Å². The molecule has 0 spiro atoms. The minimum Gasteiger partial charge on any atom is -0.294 e. The zero-order chi connectivity index (χ0) is 15.6. The zero-order valence-corrected chi connectivity index (χ0v) is 13.6. The standard InChI is InChI=1S/C20H29FO/c21-19(14-7-11-17-9-3-1-4-10-17)15-8-16-20(22)18-12-5-2-6-13-18/h2,5-6,12-13,17,19H,1,3-4,7-11,14-16H2/t19-/m0/s1. The normalized spacial score (nSPS) is 17.3. The van der Waals surface area contributed by atoms with Crippen LogP contribution in [0.4, 0.5) is 4.39 Å². The van der Waals surface area contributed by atoms with Gasteiger partial charge in [0.15, 0.2) is 5.78 Å². The molecule has 1 nitrogen and oxygen atoms in total. The number of halogens is 1. The lowest BCUT2D eigenvalue weighted by Crippen LogP contribution is -2.08. The van der Waals surface area contributed by atoms with E-state index in [4.69, 9.17) is 0 Å². The van der Waals surface area contributed by atoms with Crippen LogP contribution in [0, 0.1) is 5.92 Å². The average Bonchev–Trinajstić information content (AvgIpc) is 2.56. The van der Waals surface area contributed by atoms with Gasteiger partial charge in [-0.15, -0.1) is 0 Å². The molecule has 0 amide bonds. The number of ketones is 1. The molecule has 0 aromatic heterocycles. The summed E-state index contributed by atoms with van der Waals surface area (Å²) in [7, 11) is 0. The van der Waals surface area contributed by atoms with Crippen molar-refractivity contribution in [1.29, 1.82) is 0 Å². The highest BCUT2D eigenvalue weighted by Gasteiger charge is 2.14. The molecule has 2 rings (SSSR count). The molecular formula is C20H29FO. The van der Waals surface area contributed by atoms with Crippen molar-refractivity contribution in [2.45, 2.75) is 76.8 Å². The highest BCUT2D eigenvalue weighted by Crippen LogP contribution is 2.28. The molecule has 1 aromatic rings. The summed E-state index contributed by atoms with van der Waals surface area (Å²) in [6.45, 7) is 0. The van der Waals surface area contributed by atoms with Crippen LogP contribution in [0.25, 0.3) is 0 Å². The van der Waals surface area contributed by atoms with Crippen molar-refractivity contribution in [3.63, 3.8) is 0 Å². The third-order valence-corrected chi connectivity index (χ3v) is 4.87. The molecule has 0 heterocycles. The maximum atomic E-state index is 13.9. The quantitative estimate of drug-likeness (QED) is 0.502. The molecule has 0 aliphatic heterocycles. The summed E-state index contributed by atoms with van der Waals surface area (Å²) in [5.41, 5.74) is 0.746. The number of benzene rings is 1. The van der Waals surface area contributed by atoms with E-state index < -0.39 is 6.17 Å². The van der Waals surface area contributed by atoms with E-state index in [0.29, 0.717) is 25.7 Å². The van der Waals surface area contributed by atoms with Gasteiger partial charge in [-0.05, 0) is 25.2 Å². The van der Waals surface area contributed by atoms with Crippen LogP contribution in [0.2, 0.25) is 0 Å². The van der Waals surface area contributed by atoms with Crippen molar-refractivity contribution in [3.05, 3.63) is 35.9 Å². The van der Waals surface area contributed by atoms with Gasteiger partial charge in [-0.3, -0.25) is 4.79 Å². The van der Waals surface area contributed by atoms with Crippen LogP contribution in [0.1, 0.15) is 81.0 Å². The number of Topliss-reactive ketones (excluding diaryl/α,β-unsaturated/α-hetero) is 1. The fourth-order valence-electron chi connectivity index (χ4n) is 3.50. The Hall–Kier alpha value is -1.18. The lowest BCUT2D eigenvalue weighted by molar-refractivity contribution is 0.0976. The number of hydrogen-bond donors (Lipinski definition) is 0. The van der Waals surface area contributed by atoms with Crippen molar-refractivity contribution in [3.8, 4) is 0 Å². The first-order valence-electron chi connectivity index (χ1n) is 8.98. The van der Waals surface area contributed by atoms with E-state index in [9.17, 15) is 9.18 Å². The van der Waals surface area contributed by atoms with Gasteiger partial charge in [-0.25, -0.2) is 4.39 Å². The van der Waals surface area contributed by atoms with E-state index in [1.54, 1.807) is 0 Å².